The van der Waals surface area contributed by atoms with Crippen LogP contribution < -0.4 is 5.32 Å². The number of halogens is 1. The predicted octanol–water partition coefficient (Wildman–Crippen LogP) is 2.20. The zero-order valence-electron chi connectivity index (χ0n) is 9.79. The summed E-state index contributed by atoms with van der Waals surface area (Å²) in [5.74, 6) is 3.19. The number of thioether (sulfide) groups is 1. The third-order valence-electron chi connectivity index (χ3n) is 2.96. The predicted molar refractivity (Wildman–Crippen MR) is 72.8 cm³/mol. The van der Waals surface area contributed by atoms with E-state index >= 15 is 0 Å². The molecule has 1 saturated heterocycles. The quantitative estimate of drug-likeness (QED) is 0.904. The Bertz CT molecular complexity index is 360. The van der Waals surface area contributed by atoms with Gasteiger partial charge in [0.2, 0.25) is 0 Å². The van der Waals surface area contributed by atoms with Crippen LogP contribution in [0.3, 0.4) is 0 Å². The molecule has 0 radical (unpaired) electrons. The molecule has 0 unspecified atom stereocenters. The molecule has 0 aliphatic carbocycles. The fourth-order valence-electron chi connectivity index (χ4n) is 1.77. The molecule has 0 amide bonds. The van der Waals surface area contributed by atoms with Gasteiger partial charge in [-0.15, -0.1) is 0 Å². The SMILES string of the molecule is CCc1nn(C)c(CSCC2CNC2)c1Br. The molecule has 1 aliphatic heterocycles. The number of nitrogens with one attached hydrogen (secondary N) is 1. The molecule has 5 heteroatoms. The van der Waals surface area contributed by atoms with Gasteiger partial charge >= 0.3 is 0 Å². The Balaban J connectivity index is 1.89. The van der Waals surface area contributed by atoms with Crippen LogP contribution in [0.15, 0.2) is 4.47 Å². The number of hydrogen-bond acceptors (Lipinski definition) is 3. The normalized spacial score (nSPS) is 16.4. The van der Waals surface area contributed by atoms with E-state index in [9.17, 15) is 0 Å². The molecule has 90 valence electrons. The van der Waals surface area contributed by atoms with Crippen molar-refractivity contribution in [3.63, 3.8) is 0 Å². The number of rotatable bonds is 5. The van der Waals surface area contributed by atoms with E-state index in [0.29, 0.717) is 0 Å². The minimum atomic E-state index is 0.877. The molecule has 0 spiro atoms. The highest BCUT2D eigenvalue weighted by molar-refractivity contribution is 9.10. The molecule has 1 aliphatic rings. The van der Waals surface area contributed by atoms with E-state index in [-0.39, 0.29) is 0 Å². The van der Waals surface area contributed by atoms with Crippen LogP contribution in [0, 0.1) is 5.92 Å². The first-order valence-electron chi connectivity index (χ1n) is 5.71. The summed E-state index contributed by atoms with van der Waals surface area (Å²) in [7, 11) is 2.03. The van der Waals surface area contributed by atoms with Gasteiger partial charge in [0.15, 0.2) is 0 Å². The van der Waals surface area contributed by atoms with Crippen molar-refractivity contribution in [1.82, 2.24) is 15.1 Å². The maximum Gasteiger partial charge on any atom is 0.0767 e. The fourth-order valence-corrected chi connectivity index (χ4v) is 3.92. The Morgan fingerprint density at radius 1 is 1.56 bits per heavy atom. The lowest BCUT2D eigenvalue weighted by molar-refractivity contribution is 0.385. The molecule has 0 atom stereocenters. The molecule has 1 aromatic heterocycles. The van der Waals surface area contributed by atoms with Crippen molar-refractivity contribution in [2.45, 2.75) is 19.1 Å². The zero-order chi connectivity index (χ0) is 11.5. The number of aryl methyl sites for hydroxylation is 2. The Kier molecular flexibility index (Phi) is 4.33. The van der Waals surface area contributed by atoms with E-state index in [1.807, 2.05) is 23.5 Å². The van der Waals surface area contributed by atoms with Crippen molar-refractivity contribution >= 4 is 27.7 Å². The molecule has 3 nitrogen and oxygen atoms in total. The average molecular weight is 304 g/mol. The summed E-state index contributed by atoms with van der Waals surface area (Å²) in [6.07, 6.45) is 0.992. The van der Waals surface area contributed by atoms with E-state index in [1.54, 1.807) is 0 Å². The monoisotopic (exact) mass is 303 g/mol. The van der Waals surface area contributed by atoms with Crippen molar-refractivity contribution in [3.05, 3.63) is 15.9 Å². The zero-order valence-corrected chi connectivity index (χ0v) is 12.2. The lowest BCUT2D eigenvalue weighted by Gasteiger charge is -2.26. The van der Waals surface area contributed by atoms with Gasteiger partial charge in [0.25, 0.3) is 0 Å². The summed E-state index contributed by atoms with van der Waals surface area (Å²) >= 11 is 5.66. The Morgan fingerprint density at radius 3 is 2.81 bits per heavy atom. The van der Waals surface area contributed by atoms with Gasteiger partial charge in [-0.25, -0.2) is 0 Å². The van der Waals surface area contributed by atoms with E-state index in [4.69, 9.17) is 0 Å². The lowest BCUT2D eigenvalue weighted by Crippen LogP contribution is -2.43. The third kappa shape index (κ3) is 2.63. The Morgan fingerprint density at radius 2 is 2.31 bits per heavy atom. The summed E-state index contributed by atoms with van der Waals surface area (Å²) in [5, 5.41) is 7.81. The molecule has 1 aromatic rings. The first kappa shape index (κ1) is 12.5. The van der Waals surface area contributed by atoms with Crippen LogP contribution in [0.25, 0.3) is 0 Å². The number of aromatic nitrogens is 2. The molecule has 16 heavy (non-hydrogen) atoms. The first-order chi connectivity index (χ1) is 7.72. The summed E-state index contributed by atoms with van der Waals surface area (Å²) < 4.78 is 3.21. The second kappa shape index (κ2) is 5.56. The van der Waals surface area contributed by atoms with E-state index in [0.717, 1.165) is 18.1 Å². The minimum absolute atomic E-state index is 0.877. The summed E-state index contributed by atoms with van der Waals surface area (Å²) in [6.45, 7) is 4.53. The van der Waals surface area contributed by atoms with Crippen LogP contribution in [0.5, 0.6) is 0 Å². The molecule has 1 N–H and O–H groups in total. The van der Waals surface area contributed by atoms with Crippen molar-refractivity contribution in [2.75, 3.05) is 18.8 Å². The molecule has 0 bridgehead atoms. The van der Waals surface area contributed by atoms with E-state index in [1.165, 1.54) is 34.7 Å². The highest BCUT2D eigenvalue weighted by Crippen LogP contribution is 2.26. The molecule has 2 heterocycles. The van der Waals surface area contributed by atoms with Crippen LogP contribution in [0.2, 0.25) is 0 Å². The van der Waals surface area contributed by atoms with Gasteiger partial charge in [0, 0.05) is 12.8 Å². The maximum atomic E-state index is 4.50. The molecular formula is C11H18BrN3S. The van der Waals surface area contributed by atoms with Crippen molar-refractivity contribution < 1.29 is 0 Å². The standard InChI is InChI=1S/C11H18BrN3S/c1-3-9-11(12)10(15(2)14-9)7-16-6-8-4-13-5-8/h8,13H,3-7H2,1-2H3. The Hall–Kier alpha value is -0.0000000000000000555. The second-order valence-corrected chi connectivity index (χ2v) is 6.05. The largest absolute Gasteiger partial charge is 0.316 e. The van der Waals surface area contributed by atoms with Crippen LogP contribution >= 0.6 is 27.7 Å². The topological polar surface area (TPSA) is 29.9 Å². The molecule has 0 saturated carbocycles. The van der Waals surface area contributed by atoms with E-state index < -0.39 is 0 Å². The minimum Gasteiger partial charge on any atom is -0.316 e. The molecule has 2 rings (SSSR count). The van der Waals surface area contributed by atoms with E-state index in [2.05, 4.69) is 33.3 Å². The first-order valence-corrected chi connectivity index (χ1v) is 7.65. The lowest BCUT2D eigenvalue weighted by atomic mass is 10.1. The third-order valence-corrected chi connectivity index (χ3v) is 5.06. The average Bonchev–Trinajstić information content (AvgIpc) is 2.47. The number of hydrogen-bond donors (Lipinski definition) is 1. The van der Waals surface area contributed by atoms with Gasteiger partial charge in [-0.05, 0) is 47.1 Å². The highest BCUT2D eigenvalue weighted by atomic mass is 79.9. The highest BCUT2D eigenvalue weighted by Gasteiger charge is 2.17. The van der Waals surface area contributed by atoms with Crippen molar-refractivity contribution in [2.24, 2.45) is 13.0 Å². The summed E-state index contributed by atoms with van der Waals surface area (Å²) in [5.41, 5.74) is 2.48. The van der Waals surface area contributed by atoms with Crippen LogP contribution in [0.1, 0.15) is 18.3 Å². The van der Waals surface area contributed by atoms with Gasteiger partial charge in [0.05, 0.1) is 15.9 Å². The van der Waals surface area contributed by atoms with Gasteiger partial charge in [-0.2, -0.15) is 16.9 Å². The molecule has 0 aromatic carbocycles. The molecular weight excluding hydrogens is 286 g/mol. The Labute approximate surface area is 109 Å². The number of nitrogens with zero attached hydrogens (tertiary/aromatic N) is 2. The fraction of sp³-hybridized carbons (Fsp3) is 0.727. The van der Waals surface area contributed by atoms with Gasteiger partial charge in [-0.1, -0.05) is 6.92 Å². The van der Waals surface area contributed by atoms with Crippen LogP contribution in [-0.4, -0.2) is 28.6 Å². The van der Waals surface area contributed by atoms with Gasteiger partial charge in [0.1, 0.15) is 0 Å². The maximum absolute atomic E-state index is 4.50. The molecule has 1 fully saturated rings. The summed E-state index contributed by atoms with van der Waals surface area (Å²) in [6, 6.07) is 0. The van der Waals surface area contributed by atoms with Crippen LogP contribution in [-0.2, 0) is 19.2 Å². The van der Waals surface area contributed by atoms with Crippen LogP contribution in [0.4, 0.5) is 0 Å². The smallest absolute Gasteiger partial charge is 0.0767 e. The van der Waals surface area contributed by atoms with Crippen molar-refractivity contribution in [3.8, 4) is 0 Å². The van der Waals surface area contributed by atoms with Gasteiger partial charge in [-0.3, -0.25) is 4.68 Å². The van der Waals surface area contributed by atoms with Gasteiger partial charge < -0.3 is 5.32 Å². The second-order valence-electron chi connectivity index (χ2n) is 4.22. The van der Waals surface area contributed by atoms with Crippen molar-refractivity contribution in [1.29, 1.82) is 0 Å². The summed E-state index contributed by atoms with van der Waals surface area (Å²) in [4.78, 5) is 0.